The first kappa shape index (κ1) is 35.0. The molecule has 0 aliphatic heterocycles. The summed E-state index contributed by atoms with van der Waals surface area (Å²) in [7, 11) is 0.421. The van der Waals surface area contributed by atoms with Gasteiger partial charge in [0.15, 0.2) is 5.75 Å². The Hall–Kier alpha value is -3.31. The maximum absolute atomic E-state index is 12.6. The quantitative estimate of drug-likeness (QED) is 0.0891. The highest BCUT2D eigenvalue weighted by Gasteiger charge is 2.55. The number of rotatable bonds is 14. The maximum atomic E-state index is 12.6. The van der Waals surface area contributed by atoms with Gasteiger partial charge in [-0.1, -0.05) is 13.0 Å². The first-order valence-corrected chi connectivity index (χ1v) is 17.9. The molecule has 258 valence electrons. The van der Waals surface area contributed by atoms with E-state index in [0.717, 1.165) is 38.5 Å². The Labute approximate surface area is 276 Å². The third-order valence-corrected chi connectivity index (χ3v) is 11.8. The molecule has 2 aromatic rings. The monoisotopic (exact) mass is 673 g/mol. The highest BCUT2D eigenvalue weighted by Crippen LogP contribution is 2.62. The van der Waals surface area contributed by atoms with Crippen LogP contribution < -0.4 is 25.6 Å². The van der Waals surface area contributed by atoms with Gasteiger partial charge in [0.1, 0.15) is 17.1 Å². The van der Waals surface area contributed by atoms with Crippen molar-refractivity contribution in [2.24, 2.45) is 17.3 Å². The average molecular weight is 674 g/mol. The molecule has 3 aliphatic carbocycles. The number of phosphoric ester groups is 1. The Morgan fingerprint density at radius 3 is 2.55 bits per heavy atom. The average Bonchev–Trinajstić information content (AvgIpc) is 3.41. The minimum absolute atomic E-state index is 0.0120. The van der Waals surface area contributed by atoms with E-state index in [0.29, 0.717) is 49.6 Å². The van der Waals surface area contributed by atoms with Crippen LogP contribution in [0, 0.1) is 17.3 Å². The fourth-order valence-electron chi connectivity index (χ4n) is 8.09. The molecule has 2 aromatic carbocycles. The second-order valence-corrected chi connectivity index (χ2v) is 14.8. The summed E-state index contributed by atoms with van der Waals surface area (Å²) in [5.41, 5.74) is 8.49. The van der Waals surface area contributed by atoms with Crippen LogP contribution in [0.4, 0.5) is 5.69 Å². The van der Waals surface area contributed by atoms with Crippen molar-refractivity contribution in [1.29, 1.82) is 0 Å². The number of nitrogen functional groups attached to an aromatic ring is 1. The number of fused-ring (bicyclic) bond motifs is 5. The molecule has 5 atom stereocenters. The van der Waals surface area contributed by atoms with E-state index in [1.54, 1.807) is 0 Å². The van der Waals surface area contributed by atoms with Crippen LogP contribution in [0.25, 0.3) is 0 Å². The molecular formula is C34H48N3O9P. The van der Waals surface area contributed by atoms with Crippen LogP contribution in [0.1, 0.15) is 79.3 Å². The summed E-state index contributed by atoms with van der Waals surface area (Å²) >= 11 is 0. The van der Waals surface area contributed by atoms with E-state index in [9.17, 15) is 19.3 Å². The molecular weight excluding hydrogens is 625 g/mol. The SMILES string of the molecule is COc1ccc(N)c(O)c1C(=O)NCCCNC(=O)CCOC1CCC2C3CCc4cc(OP(=O)(OC)OC)ccc4C3CCC12C. The van der Waals surface area contributed by atoms with Gasteiger partial charge >= 0.3 is 7.82 Å². The van der Waals surface area contributed by atoms with Gasteiger partial charge in [-0.25, -0.2) is 4.57 Å². The van der Waals surface area contributed by atoms with E-state index in [4.69, 9.17) is 28.8 Å². The van der Waals surface area contributed by atoms with E-state index in [-0.39, 0.29) is 46.6 Å². The van der Waals surface area contributed by atoms with Crippen molar-refractivity contribution in [3.63, 3.8) is 0 Å². The van der Waals surface area contributed by atoms with Crippen LogP contribution >= 0.6 is 7.82 Å². The smallest absolute Gasteiger partial charge is 0.505 e. The lowest BCUT2D eigenvalue weighted by molar-refractivity contribution is -0.124. The summed E-state index contributed by atoms with van der Waals surface area (Å²) in [5.74, 6) is 1.45. The third kappa shape index (κ3) is 7.41. The number of aromatic hydroxyl groups is 1. The Bertz CT molecular complexity index is 1500. The minimum atomic E-state index is -3.61. The lowest BCUT2D eigenvalue weighted by Gasteiger charge is -2.50. The van der Waals surface area contributed by atoms with Crippen molar-refractivity contribution >= 4 is 25.3 Å². The molecule has 0 radical (unpaired) electrons. The summed E-state index contributed by atoms with van der Waals surface area (Å²) in [5, 5.41) is 15.8. The highest BCUT2D eigenvalue weighted by atomic mass is 31.2. The Morgan fingerprint density at radius 2 is 1.81 bits per heavy atom. The lowest BCUT2D eigenvalue weighted by Crippen LogP contribution is -2.45. The first-order chi connectivity index (χ1) is 22.5. The van der Waals surface area contributed by atoms with Crippen molar-refractivity contribution in [3.05, 3.63) is 47.0 Å². The molecule has 13 heteroatoms. The largest absolute Gasteiger partial charge is 0.529 e. The summed E-state index contributed by atoms with van der Waals surface area (Å²) in [6.45, 7) is 3.45. The number of ether oxygens (including phenoxy) is 2. The number of nitrogens with two attached hydrogens (primary N) is 1. The third-order valence-electron chi connectivity index (χ3n) is 10.5. The molecule has 5 rings (SSSR count). The zero-order valence-electron chi connectivity index (χ0n) is 27.7. The fourth-order valence-corrected chi connectivity index (χ4v) is 8.76. The van der Waals surface area contributed by atoms with Gasteiger partial charge < -0.3 is 35.5 Å². The number of phenols is 1. The Balaban J connectivity index is 1.05. The van der Waals surface area contributed by atoms with E-state index in [1.165, 1.54) is 44.6 Å². The molecule has 2 fully saturated rings. The number of hydrogen-bond acceptors (Lipinski definition) is 10. The predicted octanol–water partition coefficient (Wildman–Crippen LogP) is 5.33. The van der Waals surface area contributed by atoms with Crippen molar-refractivity contribution in [2.45, 2.75) is 70.3 Å². The van der Waals surface area contributed by atoms with Gasteiger partial charge in [-0.15, -0.1) is 0 Å². The maximum Gasteiger partial charge on any atom is 0.529 e. The van der Waals surface area contributed by atoms with Gasteiger partial charge in [-0.05, 0) is 104 Å². The van der Waals surface area contributed by atoms with Crippen molar-refractivity contribution in [3.8, 4) is 17.2 Å². The molecule has 2 amide bonds. The number of hydrogen-bond donors (Lipinski definition) is 4. The number of phosphoric acid groups is 1. The summed E-state index contributed by atoms with van der Waals surface area (Å²) in [4.78, 5) is 25.1. The van der Waals surface area contributed by atoms with Gasteiger partial charge in [-0.2, -0.15) is 0 Å². The van der Waals surface area contributed by atoms with Crippen LogP contribution in [0.3, 0.4) is 0 Å². The molecule has 0 spiro atoms. The molecule has 5 N–H and O–H groups in total. The van der Waals surface area contributed by atoms with Crippen LogP contribution in [-0.2, 0) is 29.6 Å². The number of anilines is 1. The summed E-state index contributed by atoms with van der Waals surface area (Å²) in [6, 6.07) is 8.97. The number of nitrogens with one attached hydrogen (secondary N) is 2. The van der Waals surface area contributed by atoms with Gasteiger partial charge in [0.25, 0.3) is 5.91 Å². The predicted molar refractivity (Wildman–Crippen MR) is 177 cm³/mol. The van der Waals surface area contributed by atoms with Gasteiger partial charge in [0, 0.05) is 33.7 Å². The zero-order chi connectivity index (χ0) is 33.8. The summed E-state index contributed by atoms with van der Waals surface area (Å²) in [6.07, 6.45) is 7.25. The van der Waals surface area contributed by atoms with E-state index >= 15 is 0 Å². The van der Waals surface area contributed by atoms with Crippen LogP contribution in [0.15, 0.2) is 30.3 Å². The molecule has 0 bridgehead atoms. The highest BCUT2D eigenvalue weighted by molar-refractivity contribution is 7.48. The van der Waals surface area contributed by atoms with Gasteiger partial charge in [0.05, 0.1) is 25.5 Å². The number of benzene rings is 2. The second-order valence-electron chi connectivity index (χ2n) is 13.0. The molecule has 12 nitrogen and oxygen atoms in total. The van der Waals surface area contributed by atoms with Crippen molar-refractivity contribution in [1.82, 2.24) is 10.6 Å². The topological polar surface area (TPSA) is 168 Å². The lowest BCUT2D eigenvalue weighted by atomic mass is 9.55. The molecule has 3 aliphatic rings. The number of phenolic OH excluding ortho intramolecular Hbond substituents is 1. The summed E-state index contributed by atoms with van der Waals surface area (Å²) < 4.78 is 39.5. The van der Waals surface area contributed by atoms with Crippen LogP contribution in [0.2, 0.25) is 0 Å². The molecule has 5 unspecified atom stereocenters. The first-order valence-electron chi connectivity index (χ1n) is 16.4. The van der Waals surface area contributed by atoms with E-state index in [2.05, 4.69) is 23.6 Å². The number of methoxy groups -OCH3 is 1. The number of carbonyl (C=O) groups excluding carboxylic acids is 2. The fraction of sp³-hybridized carbons (Fsp3) is 0.588. The second kappa shape index (κ2) is 14.8. The normalized spacial score (nSPS) is 24.9. The van der Waals surface area contributed by atoms with Gasteiger partial charge in [0.2, 0.25) is 5.91 Å². The van der Waals surface area contributed by atoms with E-state index < -0.39 is 13.7 Å². The zero-order valence-corrected chi connectivity index (χ0v) is 28.6. The van der Waals surface area contributed by atoms with Crippen LogP contribution in [0.5, 0.6) is 17.2 Å². The standard InChI is InChI=1S/C34H48N3O9P/c1-34-16-14-24-23-9-7-22(46-47(41,43-3)44-4)20-21(23)6-8-25(24)26(34)10-13-29(34)45-19-15-30(38)36-17-5-18-37-33(40)31-28(42-2)12-11-27(35)32(31)39/h7,9,11-12,20,24-26,29,39H,5-6,8,10,13-19,35H2,1-4H3,(H,36,38)(H,37,40). The molecule has 0 heterocycles. The van der Waals surface area contributed by atoms with Crippen molar-refractivity contribution in [2.75, 3.05) is 46.8 Å². The van der Waals surface area contributed by atoms with E-state index in [1.807, 2.05) is 12.1 Å². The number of carbonyl (C=O) groups is 2. The number of aryl methyl sites for hydroxylation is 1. The number of amides is 2. The molecule has 0 saturated heterocycles. The van der Waals surface area contributed by atoms with Crippen molar-refractivity contribution < 1.29 is 42.3 Å². The molecule has 2 saturated carbocycles. The van der Waals surface area contributed by atoms with Gasteiger partial charge in [-0.3, -0.25) is 18.6 Å². The minimum Gasteiger partial charge on any atom is -0.505 e. The Kier molecular flexibility index (Phi) is 11.1. The molecule has 47 heavy (non-hydrogen) atoms. The van der Waals surface area contributed by atoms with Crippen LogP contribution in [-0.4, -0.2) is 64.1 Å². The molecule has 0 aromatic heterocycles. The Morgan fingerprint density at radius 1 is 1.04 bits per heavy atom.